The Morgan fingerprint density at radius 2 is 1.57 bits per heavy atom. The lowest BCUT2D eigenvalue weighted by atomic mass is 10.0. The lowest BCUT2D eigenvalue weighted by Gasteiger charge is -2.20. The second-order valence-corrected chi connectivity index (χ2v) is 7.23. The minimum Gasteiger partial charge on any atom is -0.494 e. The molecule has 2 aliphatic rings. The number of carbonyl (C=O) groups is 2. The summed E-state index contributed by atoms with van der Waals surface area (Å²) >= 11 is 5.97. The van der Waals surface area contributed by atoms with Crippen LogP contribution in [0.3, 0.4) is 0 Å². The molecule has 0 radical (unpaired) electrons. The fourth-order valence-electron chi connectivity index (χ4n) is 3.72. The average molecular weight is 397 g/mol. The number of rotatable bonds is 5. The first-order chi connectivity index (χ1) is 13.6. The lowest BCUT2D eigenvalue weighted by Crippen LogP contribution is -2.34. The van der Waals surface area contributed by atoms with Gasteiger partial charge in [0.15, 0.2) is 0 Å². The van der Waals surface area contributed by atoms with E-state index in [0.29, 0.717) is 28.6 Å². The normalized spacial score (nSPS) is 17.1. The van der Waals surface area contributed by atoms with Gasteiger partial charge in [-0.15, -0.1) is 0 Å². The van der Waals surface area contributed by atoms with E-state index in [9.17, 15) is 9.59 Å². The molecule has 0 unspecified atom stereocenters. The van der Waals surface area contributed by atoms with Crippen LogP contribution in [-0.4, -0.2) is 36.4 Å². The summed E-state index contributed by atoms with van der Waals surface area (Å²) in [6.45, 7) is 4.06. The Morgan fingerprint density at radius 3 is 2.18 bits per heavy atom. The molecule has 5 nitrogen and oxygen atoms in total. The third-order valence-electron chi connectivity index (χ3n) is 5.02. The first-order valence-electron chi connectivity index (χ1n) is 9.47. The van der Waals surface area contributed by atoms with Crippen LogP contribution in [0.5, 0.6) is 5.75 Å². The molecule has 0 saturated carbocycles. The molecule has 0 bridgehead atoms. The Hall–Kier alpha value is -2.79. The monoisotopic (exact) mass is 396 g/mol. The van der Waals surface area contributed by atoms with E-state index in [4.69, 9.17) is 16.3 Å². The Labute approximate surface area is 169 Å². The number of imide groups is 1. The quantitative estimate of drug-likeness (QED) is 0.713. The highest BCUT2D eigenvalue weighted by Gasteiger charge is 2.42. The minimum absolute atomic E-state index is 0.280. The molecule has 2 amide bonds. The molecule has 2 heterocycles. The number of carbonyl (C=O) groups excluding carboxylic acids is 2. The fraction of sp³-hybridized carbons (Fsp3) is 0.273. The number of anilines is 1. The molecular formula is C22H21ClN2O3. The lowest BCUT2D eigenvalue weighted by molar-refractivity contribution is -0.120. The molecule has 2 aromatic carbocycles. The van der Waals surface area contributed by atoms with Crippen LogP contribution >= 0.6 is 11.6 Å². The average Bonchev–Trinajstić information content (AvgIpc) is 3.30. The molecule has 0 N–H and O–H groups in total. The summed E-state index contributed by atoms with van der Waals surface area (Å²) < 4.78 is 5.50. The van der Waals surface area contributed by atoms with Crippen LogP contribution in [0.2, 0.25) is 5.02 Å². The number of benzene rings is 2. The summed E-state index contributed by atoms with van der Waals surface area (Å²) in [5.41, 5.74) is 2.18. The summed E-state index contributed by atoms with van der Waals surface area (Å²) in [6.07, 6.45) is 2.03. The molecule has 0 spiro atoms. The number of ether oxygens (including phenoxy) is 1. The number of likely N-dealkylation sites (tertiary alicyclic amines) is 1. The van der Waals surface area contributed by atoms with Crippen molar-refractivity contribution >= 4 is 34.7 Å². The molecular weight excluding hydrogens is 376 g/mol. The van der Waals surface area contributed by atoms with Gasteiger partial charge in [-0.05, 0) is 61.7 Å². The van der Waals surface area contributed by atoms with Crippen LogP contribution in [0.15, 0.2) is 54.2 Å². The van der Waals surface area contributed by atoms with Crippen molar-refractivity contribution in [2.24, 2.45) is 0 Å². The molecule has 1 saturated heterocycles. The van der Waals surface area contributed by atoms with Gasteiger partial charge in [-0.3, -0.25) is 9.59 Å². The van der Waals surface area contributed by atoms with Crippen molar-refractivity contribution in [3.63, 3.8) is 0 Å². The highest BCUT2D eigenvalue weighted by molar-refractivity contribution is 6.45. The Bertz CT molecular complexity index is 929. The van der Waals surface area contributed by atoms with Gasteiger partial charge in [0.05, 0.1) is 17.9 Å². The zero-order valence-electron chi connectivity index (χ0n) is 15.7. The topological polar surface area (TPSA) is 49.9 Å². The summed E-state index contributed by atoms with van der Waals surface area (Å²) in [4.78, 5) is 29.9. The summed E-state index contributed by atoms with van der Waals surface area (Å²) in [5.74, 6) is 0.150. The van der Waals surface area contributed by atoms with Gasteiger partial charge in [0, 0.05) is 18.1 Å². The third-order valence-corrected chi connectivity index (χ3v) is 5.27. The van der Waals surface area contributed by atoms with Crippen molar-refractivity contribution in [1.29, 1.82) is 0 Å². The van der Waals surface area contributed by atoms with Crippen molar-refractivity contribution in [2.45, 2.75) is 19.8 Å². The zero-order valence-corrected chi connectivity index (χ0v) is 16.4. The molecule has 2 aromatic rings. The van der Waals surface area contributed by atoms with E-state index >= 15 is 0 Å². The highest BCUT2D eigenvalue weighted by Crippen LogP contribution is 2.36. The maximum atomic E-state index is 13.3. The molecule has 4 rings (SSSR count). The SMILES string of the molecule is CCOc1ccc(C2=C(N3CCCC3)C(=O)N(c3ccc(Cl)cc3)C2=O)cc1. The first kappa shape index (κ1) is 18.6. The maximum Gasteiger partial charge on any atom is 0.282 e. The number of amides is 2. The molecule has 0 aliphatic carbocycles. The largest absolute Gasteiger partial charge is 0.494 e. The van der Waals surface area contributed by atoms with Gasteiger partial charge < -0.3 is 9.64 Å². The number of halogens is 1. The van der Waals surface area contributed by atoms with Crippen LogP contribution < -0.4 is 9.64 Å². The van der Waals surface area contributed by atoms with Crippen molar-refractivity contribution < 1.29 is 14.3 Å². The van der Waals surface area contributed by atoms with E-state index in [2.05, 4.69) is 0 Å². The van der Waals surface area contributed by atoms with Gasteiger partial charge in [0.25, 0.3) is 11.8 Å². The van der Waals surface area contributed by atoms with Crippen LogP contribution in [0.25, 0.3) is 5.57 Å². The van der Waals surface area contributed by atoms with E-state index < -0.39 is 0 Å². The predicted octanol–water partition coefficient (Wildman–Crippen LogP) is 4.12. The van der Waals surface area contributed by atoms with E-state index in [-0.39, 0.29) is 11.8 Å². The number of nitrogens with zero attached hydrogens (tertiary/aromatic N) is 2. The second kappa shape index (κ2) is 7.68. The predicted molar refractivity (Wildman–Crippen MR) is 109 cm³/mol. The van der Waals surface area contributed by atoms with Gasteiger partial charge in [0.2, 0.25) is 0 Å². The molecule has 2 aliphatic heterocycles. The Morgan fingerprint density at radius 1 is 0.929 bits per heavy atom. The second-order valence-electron chi connectivity index (χ2n) is 6.80. The summed E-state index contributed by atoms with van der Waals surface area (Å²) in [6, 6.07) is 14.1. The molecule has 28 heavy (non-hydrogen) atoms. The van der Waals surface area contributed by atoms with E-state index in [0.717, 1.165) is 37.2 Å². The molecule has 0 aromatic heterocycles. The zero-order chi connectivity index (χ0) is 19.7. The van der Waals surface area contributed by atoms with Gasteiger partial charge in [-0.2, -0.15) is 0 Å². The van der Waals surface area contributed by atoms with Gasteiger partial charge >= 0.3 is 0 Å². The smallest absolute Gasteiger partial charge is 0.282 e. The standard InChI is InChI=1S/C22H21ClN2O3/c1-2-28-18-11-5-15(6-12-18)19-20(24-13-3-4-14-24)22(27)25(21(19)26)17-9-7-16(23)8-10-17/h5-12H,2-4,13-14H2,1H3. The summed E-state index contributed by atoms with van der Waals surface area (Å²) in [5, 5.41) is 0.558. The maximum absolute atomic E-state index is 13.3. The summed E-state index contributed by atoms with van der Waals surface area (Å²) in [7, 11) is 0. The molecule has 144 valence electrons. The highest BCUT2D eigenvalue weighted by atomic mass is 35.5. The van der Waals surface area contributed by atoms with E-state index in [1.807, 2.05) is 36.1 Å². The van der Waals surface area contributed by atoms with Crippen LogP contribution in [0.1, 0.15) is 25.3 Å². The van der Waals surface area contributed by atoms with Gasteiger partial charge in [-0.25, -0.2) is 4.90 Å². The Balaban J connectivity index is 1.77. The first-order valence-corrected chi connectivity index (χ1v) is 9.84. The van der Waals surface area contributed by atoms with Crippen molar-refractivity contribution in [2.75, 3.05) is 24.6 Å². The number of hydrogen-bond acceptors (Lipinski definition) is 4. The van der Waals surface area contributed by atoms with Gasteiger partial charge in [-0.1, -0.05) is 23.7 Å². The van der Waals surface area contributed by atoms with Crippen LogP contribution in [0.4, 0.5) is 5.69 Å². The van der Waals surface area contributed by atoms with Crippen LogP contribution in [-0.2, 0) is 9.59 Å². The van der Waals surface area contributed by atoms with E-state index in [1.165, 1.54) is 4.90 Å². The minimum atomic E-state index is -0.307. The molecule has 6 heteroatoms. The molecule has 1 fully saturated rings. The van der Waals surface area contributed by atoms with Crippen LogP contribution in [0, 0.1) is 0 Å². The number of hydrogen-bond donors (Lipinski definition) is 0. The Kier molecular flexibility index (Phi) is 5.09. The van der Waals surface area contributed by atoms with Crippen molar-refractivity contribution in [1.82, 2.24) is 4.90 Å². The fourth-order valence-corrected chi connectivity index (χ4v) is 3.85. The van der Waals surface area contributed by atoms with E-state index in [1.54, 1.807) is 24.3 Å². The van der Waals surface area contributed by atoms with Crippen molar-refractivity contribution in [3.8, 4) is 5.75 Å². The van der Waals surface area contributed by atoms with Crippen molar-refractivity contribution in [3.05, 3.63) is 64.8 Å². The molecule has 0 atom stereocenters. The third kappa shape index (κ3) is 3.27. The van der Waals surface area contributed by atoms with Gasteiger partial charge in [0.1, 0.15) is 11.4 Å².